The van der Waals surface area contributed by atoms with E-state index < -0.39 is 15.9 Å². The van der Waals surface area contributed by atoms with Crippen molar-refractivity contribution in [3.63, 3.8) is 0 Å². The summed E-state index contributed by atoms with van der Waals surface area (Å²) in [6.07, 6.45) is 2.59. The third kappa shape index (κ3) is 5.57. The molecule has 1 aromatic heterocycles. The van der Waals surface area contributed by atoms with Gasteiger partial charge < -0.3 is 4.74 Å². The van der Waals surface area contributed by atoms with Crippen LogP contribution < -0.4 is 14.5 Å². The number of amides is 1. The van der Waals surface area contributed by atoms with E-state index in [1.807, 2.05) is 25.3 Å². The fraction of sp³-hybridized carbons (Fsp3) is 0.294. The fourth-order valence-electron chi connectivity index (χ4n) is 2.12. The normalized spacial score (nSPS) is 11.5. The Balaban J connectivity index is 2.06. The van der Waals surface area contributed by atoms with Gasteiger partial charge in [0.05, 0.1) is 24.8 Å². The molecule has 26 heavy (non-hydrogen) atoms. The number of hydrazone groups is 1. The number of rotatable bonds is 8. The van der Waals surface area contributed by atoms with Crippen molar-refractivity contribution in [1.29, 1.82) is 0 Å². The second-order valence-corrected chi connectivity index (χ2v) is 8.31. The lowest BCUT2D eigenvalue weighted by molar-refractivity contribution is -0.119. The van der Waals surface area contributed by atoms with E-state index in [1.54, 1.807) is 30.5 Å². The van der Waals surface area contributed by atoms with Gasteiger partial charge in [0.15, 0.2) is 0 Å². The molecule has 0 saturated carbocycles. The molecule has 1 N–H and O–H groups in total. The van der Waals surface area contributed by atoms with E-state index in [9.17, 15) is 13.2 Å². The Kier molecular flexibility index (Phi) is 6.76. The molecule has 0 aliphatic rings. The summed E-state index contributed by atoms with van der Waals surface area (Å²) >= 11 is 1.50. The lowest BCUT2D eigenvalue weighted by atomic mass is 10.3. The van der Waals surface area contributed by atoms with Crippen LogP contribution >= 0.6 is 11.3 Å². The summed E-state index contributed by atoms with van der Waals surface area (Å²) in [5.74, 6) is 0.0971. The predicted molar refractivity (Wildman–Crippen MR) is 105 cm³/mol. The molecular weight excluding hydrogens is 374 g/mol. The molecule has 0 fully saturated rings. The number of sulfonamides is 1. The highest BCUT2D eigenvalue weighted by molar-refractivity contribution is 7.92. The molecular formula is C17H21N3O4S2. The number of aryl methyl sites for hydroxylation is 1. The zero-order valence-corrected chi connectivity index (χ0v) is 16.4. The summed E-state index contributed by atoms with van der Waals surface area (Å²) in [4.78, 5) is 13.0. The summed E-state index contributed by atoms with van der Waals surface area (Å²) in [7, 11) is -3.63. The summed E-state index contributed by atoms with van der Waals surface area (Å²) < 4.78 is 30.5. The van der Waals surface area contributed by atoms with E-state index in [2.05, 4.69) is 10.5 Å². The third-order valence-corrected chi connectivity index (χ3v) is 5.49. The van der Waals surface area contributed by atoms with E-state index in [0.717, 1.165) is 21.0 Å². The van der Waals surface area contributed by atoms with Gasteiger partial charge in [-0.15, -0.1) is 11.3 Å². The highest BCUT2D eigenvalue weighted by atomic mass is 32.2. The van der Waals surface area contributed by atoms with Crippen molar-refractivity contribution in [3.05, 3.63) is 46.2 Å². The Morgan fingerprint density at radius 3 is 2.54 bits per heavy atom. The van der Waals surface area contributed by atoms with E-state index >= 15 is 0 Å². The molecule has 0 aliphatic carbocycles. The third-order valence-electron chi connectivity index (χ3n) is 3.40. The molecule has 0 saturated heterocycles. The van der Waals surface area contributed by atoms with Gasteiger partial charge in [-0.3, -0.25) is 9.10 Å². The van der Waals surface area contributed by atoms with Gasteiger partial charge in [0.2, 0.25) is 10.0 Å². The van der Waals surface area contributed by atoms with Gasteiger partial charge in [-0.2, -0.15) is 5.10 Å². The monoisotopic (exact) mass is 395 g/mol. The van der Waals surface area contributed by atoms with Crippen LogP contribution in [0.4, 0.5) is 5.69 Å². The lowest BCUT2D eigenvalue weighted by Gasteiger charge is -2.21. The van der Waals surface area contributed by atoms with Crippen LogP contribution in [0.3, 0.4) is 0 Å². The summed E-state index contributed by atoms with van der Waals surface area (Å²) in [6, 6.07) is 8.46. The average Bonchev–Trinajstić information content (AvgIpc) is 2.98. The van der Waals surface area contributed by atoms with Crippen LogP contribution in [0.5, 0.6) is 5.75 Å². The quantitative estimate of drug-likeness (QED) is 0.549. The maximum absolute atomic E-state index is 12.1. The van der Waals surface area contributed by atoms with Crippen molar-refractivity contribution in [2.24, 2.45) is 5.10 Å². The molecule has 2 aromatic rings. The molecule has 0 aliphatic heterocycles. The second kappa shape index (κ2) is 8.81. The zero-order chi connectivity index (χ0) is 19.2. The largest absolute Gasteiger partial charge is 0.494 e. The Morgan fingerprint density at radius 1 is 1.31 bits per heavy atom. The molecule has 0 unspecified atom stereocenters. The van der Waals surface area contributed by atoms with Crippen LogP contribution in [0.2, 0.25) is 0 Å². The van der Waals surface area contributed by atoms with Crippen LogP contribution in [0.15, 0.2) is 40.8 Å². The van der Waals surface area contributed by atoms with Crippen molar-refractivity contribution >= 4 is 39.2 Å². The minimum atomic E-state index is -3.63. The standard InChI is InChI=1S/C17H21N3O4S2/c1-4-24-15-7-5-14(6-8-15)20(26(3,22)23)12-17(21)19-18-11-16-13(2)9-10-25-16/h5-11H,4,12H2,1-3H3,(H,19,21). The van der Waals surface area contributed by atoms with Gasteiger partial charge in [-0.25, -0.2) is 13.8 Å². The number of nitrogens with zero attached hydrogens (tertiary/aromatic N) is 2. The summed E-state index contributed by atoms with van der Waals surface area (Å²) in [5, 5.41) is 5.81. The lowest BCUT2D eigenvalue weighted by Crippen LogP contribution is -2.39. The van der Waals surface area contributed by atoms with Gasteiger partial charge >= 0.3 is 0 Å². The number of thiophene rings is 1. The SMILES string of the molecule is CCOc1ccc(N(CC(=O)NN=Cc2sccc2C)S(C)(=O)=O)cc1. The number of ether oxygens (including phenoxy) is 1. The van der Waals surface area contributed by atoms with E-state index in [1.165, 1.54) is 11.3 Å². The minimum absolute atomic E-state index is 0.367. The molecule has 0 bridgehead atoms. The van der Waals surface area contributed by atoms with E-state index in [4.69, 9.17) is 4.74 Å². The Morgan fingerprint density at radius 2 is 2.00 bits per heavy atom. The molecule has 2 rings (SSSR count). The fourth-order valence-corrected chi connectivity index (χ4v) is 3.76. The van der Waals surface area contributed by atoms with Crippen LogP contribution in [-0.4, -0.2) is 39.9 Å². The van der Waals surface area contributed by atoms with Gasteiger partial charge in [0.1, 0.15) is 12.3 Å². The number of hydrogen-bond acceptors (Lipinski definition) is 6. The van der Waals surface area contributed by atoms with Crippen molar-refractivity contribution in [1.82, 2.24) is 5.43 Å². The molecule has 0 atom stereocenters. The van der Waals surface area contributed by atoms with Crippen LogP contribution in [0, 0.1) is 6.92 Å². The summed E-state index contributed by atoms with van der Waals surface area (Å²) in [6.45, 7) is 3.95. The van der Waals surface area contributed by atoms with Crippen LogP contribution in [-0.2, 0) is 14.8 Å². The first-order chi connectivity index (χ1) is 12.3. The molecule has 1 aromatic carbocycles. The minimum Gasteiger partial charge on any atom is -0.494 e. The van der Waals surface area contributed by atoms with Gasteiger partial charge in [0, 0.05) is 4.88 Å². The first kappa shape index (κ1) is 19.9. The zero-order valence-electron chi connectivity index (χ0n) is 14.8. The van der Waals surface area contributed by atoms with E-state index in [0.29, 0.717) is 18.0 Å². The molecule has 9 heteroatoms. The van der Waals surface area contributed by atoms with Crippen molar-refractivity contribution in [3.8, 4) is 5.75 Å². The average molecular weight is 396 g/mol. The predicted octanol–water partition coefficient (Wildman–Crippen LogP) is 2.37. The first-order valence-corrected chi connectivity index (χ1v) is 10.6. The van der Waals surface area contributed by atoms with E-state index in [-0.39, 0.29) is 6.54 Å². The van der Waals surface area contributed by atoms with Gasteiger partial charge in [-0.1, -0.05) is 0 Å². The van der Waals surface area contributed by atoms with Crippen molar-refractivity contribution in [2.45, 2.75) is 13.8 Å². The van der Waals surface area contributed by atoms with Gasteiger partial charge in [0.25, 0.3) is 5.91 Å². The van der Waals surface area contributed by atoms with Crippen LogP contribution in [0.25, 0.3) is 0 Å². The summed E-state index contributed by atoms with van der Waals surface area (Å²) in [5.41, 5.74) is 3.79. The Labute approximate surface area is 157 Å². The Hall–Kier alpha value is -2.39. The molecule has 7 nitrogen and oxygen atoms in total. The van der Waals surface area contributed by atoms with Crippen molar-refractivity contribution < 1.29 is 17.9 Å². The highest BCUT2D eigenvalue weighted by Gasteiger charge is 2.20. The number of carbonyl (C=O) groups is 1. The maximum Gasteiger partial charge on any atom is 0.260 e. The van der Waals surface area contributed by atoms with Crippen molar-refractivity contribution in [2.75, 3.05) is 23.7 Å². The second-order valence-electron chi connectivity index (χ2n) is 5.46. The highest BCUT2D eigenvalue weighted by Crippen LogP contribution is 2.21. The topological polar surface area (TPSA) is 88.1 Å². The molecule has 1 heterocycles. The number of hydrogen-bond donors (Lipinski definition) is 1. The molecule has 0 spiro atoms. The molecule has 1 amide bonds. The first-order valence-electron chi connectivity index (χ1n) is 7.88. The van der Waals surface area contributed by atoms with Gasteiger partial charge in [-0.05, 0) is 55.1 Å². The smallest absolute Gasteiger partial charge is 0.260 e. The number of nitrogens with one attached hydrogen (secondary N) is 1. The number of benzene rings is 1. The Bertz CT molecular complexity index is 874. The van der Waals surface area contributed by atoms with Crippen LogP contribution in [0.1, 0.15) is 17.4 Å². The maximum atomic E-state index is 12.1. The number of anilines is 1. The molecule has 140 valence electrons. The number of carbonyl (C=O) groups excluding carboxylic acids is 1. The molecule has 0 radical (unpaired) electrons.